The van der Waals surface area contributed by atoms with E-state index in [-0.39, 0.29) is 5.82 Å². The van der Waals surface area contributed by atoms with Crippen LogP contribution in [-0.4, -0.2) is 72.8 Å². The predicted octanol–water partition coefficient (Wildman–Crippen LogP) is 6.52. The molecule has 1 aromatic carbocycles. The van der Waals surface area contributed by atoms with E-state index in [0.29, 0.717) is 46.1 Å². The first-order valence-corrected chi connectivity index (χ1v) is 16.7. The van der Waals surface area contributed by atoms with Crippen LogP contribution in [0.5, 0.6) is 5.75 Å². The van der Waals surface area contributed by atoms with E-state index < -0.39 is 0 Å². The molecule has 0 atom stereocenters. The summed E-state index contributed by atoms with van der Waals surface area (Å²) in [7, 11) is 0. The molecular formula is C36H38FN9O. The minimum absolute atomic E-state index is 0.363. The molecule has 240 valence electrons. The average Bonchev–Trinajstić information content (AvgIpc) is 3.91. The van der Waals surface area contributed by atoms with Crippen molar-refractivity contribution in [2.24, 2.45) is 5.92 Å². The number of benzene rings is 1. The second-order valence-electron chi connectivity index (χ2n) is 12.7. The van der Waals surface area contributed by atoms with Crippen LogP contribution in [0.3, 0.4) is 0 Å². The van der Waals surface area contributed by atoms with Gasteiger partial charge in [0.05, 0.1) is 11.2 Å². The zero-order valence-electron chi connectivity index (χ0n) is 26.3. The van der Waals surface area contributed by atoms with Gasteiger partial charge < -0.3 is 15.0 Å². The summed E-state index contributed by atoms with van der Waals surface area (Å²) in [4.78, 5) is 24.6. The molecule has 0 amide bonds. The van der Waals surface area contributed by atoms with Gasteiger partial charge in [-0.3, -0.25) is 15.0 Å². The predicted molar refractivity (Wildman–Crippen MR) is 180 cm³/mol. The molecule has 0 spiro atoms. The van der Waals surface area contributed by atoms with Gasteiger partial charge in [-0.1, -0.05) is 12.8 Å². The molecule has 0 radical (unpaired) electrons. The first-order chi connectivity index (χ1) is 23.2. The number of rotatable bonds is 11. The number of H-pyrrole nitrogens is 2. The average molecular weight is 632 g/mol. The molecule has 1 saturated heterocycles. The Morgan fingerprint density at radius 1 is 0.936 bits per heavy atom. The van der Waals surface area contributed by atoms with E-state index in [1.54, 1.807) is 6.20 Å². The number of aromatic amines is 2. The molecule has 6 heterocycles. The van der Waals surface area contributed by atoms with Crippen LogP contribution in [0.1, 0.15) is 44.1 Å². The molecule has 10 nitrogen and oxygen atoms in total. The number of pyridine rings is 3. The maximum atomic E-state index is 14.8. The van der Waals surface area contributed by atoms with E-state index in [2.05, 4.69) is 41.4 Å². The van der Waals surface area contributed by atoms with Crippen LogP contribution in [-0.2, 0) is 6.54 Å². The van der Waals surface area contributed by atoms with Crippen LogP contribution in [0.4, 0.5) is 4.39 Å². The Kier molecular flexibility index (Phi) is 8.31. The van der Waals surface area contributed by atoms with E-state index in [4.69, 9.17) is 14.7 Å². The van der Waals surface area contributed by atoms with Crippen LogP contribution in [0.2, 0.25) is 0 Å². The normalized spacial score (nSPS) is 15.8. The van der Waals surface area contributed by atoms with Crippen molar-refractivity contribution in [3.8, 4) is 39.7 Å². The van der Waals surface area contributed by atoms with E-state index in [1.165, 1.54) is 50.7 Å². The van der Waals surface area contributed by atoms with Gasteiger partial charge in [0.1, 0.15) is 29.2 Å². The summed E-state index contributed by atoms with van der Waals surface area (Å²) in [6.07, 6.45) is 13.2. The summed E-state index contributed by atoms with van der Waals surface area (Å²) in [5, 5.41) is 11.3. The number of likely N-dealkylation sites (tertiary alicyclic amines) is 1. The van der Waals surface area contributed by atoms with E-state index >= 15 is 0 Å². The Labute approximate surface area is 272 Å². The third kappa shape index (κ3) is 6.45. The third-order valence-electron chi connectivity index (χ3n) is 9.40. The molecule has 1 saturated carbocycles. The molecule has 2 aliphatic rings. The van der Waals surface area contributed by atoms with Crippen LogP contribution < -0.4 is 10.1 Å². The van der Waals surface area contributed by atoms with Gasteiger partial charge in [0.15, 0.2) is 17.2 Å². The van der Waals surface area contributed by atoms with Gasteiger partial charge in [0, 0.05) is 48.9 Å². The largest absolute Gasteiger partial charge is 0.492 e. The Hall–Kier alpha value is -4.74. The second kappa shape index (κ2) is 13.2. The van der Waals surface area contributed by atoms with Crippen molar-refractivity contribution in [3.63, 3.8) is 0 Å². The Morgan fingerprint density at radius 2 is 1.83 bits per heavy atom. The fourth-order valence-electron chi connectivity index (χ4n) is 6.94. The number of fused-ring (bicyclic) bond motifs is 2. The summed E-state index contributed by atoms with van der Waals surface area (Å²) >= 11 is 0. The quantitative estimate of drug-likeness (QED) is 0.148. The highest BCUT2D eigenvalue weighted by Crippen LogP contribution is 2.33. The van der Waals surface area contributed by atoms with Crippen LogP contribution >= 0.6 is 0 Å². The fourth-order valence-corrected chi connectivity index (χ4v) is 6.94. The summed E-state index contributed by atoms with van der Waals surface area (Å²) in [5.41, 5.74) is 7.55. The highest BCUT2D eigenvalue weighted by Gasteiger charge is 2.19. The summed E-state index contributed by atoms with van der Waals surface area (Å²) in [6, 6.07) is 12.7. The maximum absolute atomic E-state index is 14.8. The third-order valence-corrected chi connectivity index (χ3v) is 9.40. The molecular weight excluding hydrogens is 593 g/mol. The number of ether oxygens (including phenoxy) is 1. The molecule has 1 aliphatic heterocycles. The van der Waals surface area contributed by atoms with Crippen LogP contribution in [0.25, 0.3) is 56.1 Å². The number of nitrogens with one attached hydrogen (secondary N) is 3. The number of nitrogens with zero attached hydrogens (tertiary/aromatic N) is 6. The standard InChI is InChI=1S/C36H38FN9O/c37-27-16-25(17-28(18-27)47-14-13-46-11-3-4-12-46)29-9-10-40-35-32(29)42-36(43-35)34-33-31(44-45-34)8-7-30(41-33)26-15-24(21-39-22-26)20-38-19-23-5-1-2-6-23/h7-10,15-18,21-23,38H,1-6,11-14,19-20H2,(H,44,45)(H,40,42,43). The van der Waals surface area contributed by atoms with Crippen molar-refractivity contribution in [2.75, 3.05) is 32.8 Å². The molecule has 1 aliphatic carbocycles. The van der Waals surface area contributed by atoms with Gasteiger partial charge in [-0.25, -0.2) is 19.3 Å². The lowest BCUT2D eigenvalue weighted by Crippen LogP contribution is -2.25. The number of hydrogen-bond donors (Lipinski definition) is 3. The van der Waals surface area contributed by atoms with Crippen molar-refractivity contribution in [2.45, 2.75) is 45.1 Å². The Bertz CT molecular complexity index is 2010. The first-order valence-electron chi connectivity index (χ1n) is 16.7. The molecule has 0 unspecified atom stereocenters. The summed E-state index contributed by atoms with van der Waals surface area (Å²) in [6.45, 7) is 5.37. The van der Waals surface area contributed by atoms with Gasteiger partial charge in [0.2, 0.25) is 0 Å². The molecule has 5 aromatic heterocycles. The lowest BCUT2D eigenvalue weighted by atomic mass is 10.1. The van der Waals surface area contributed by atoms with Crippen molar-refractivity contribution in [1.29, 1.82) is 0 Å². The monoisotopic (exact) mass is 631 g/mol. The van der Waals surface area contributed by atoms with E-state index in [0.717, 1.165) is 66.5 Å². The fraction of sp³-hybridized carbons (Fsp3) is 0.361. The van der Waals surface area contributed by atoms with Crippen LogP contribution in [0.15, 0.2) is 61.1 Å². The number of imidazole rings is 1. The SMILES string of the molecule is Fc1cc(OCCN2CCCC2)cc(-c2ccnc3[nH]c(-c4n[nH]c5ccc(-c6cncc(CNCC7CCCC7)c6)nc45)nc23)c1. The first kappa shape index (κ1) is 29.6. The lowest BCUT2D eigenvalue weighted by Gasteiger charge is -2.15. The molecule has 6 aromatic rings. The van der Waals surface area contributed by atoms with Crippen molar-refractivity contribution in [3.05, 3.63) is 72.4 Å². The molecule has 0 bridgehead atoms. The van der Waals surface area contributed by atoms with Gasteiger partial charge in [0.25, 0.3) is 0 Å². The molecule has 8 rings (SSSR count). The number of aromatic nitrogens is 7. The summed E-state index contributed by atoms with van der Waals surface area (Å²) < 4.78 is 20.8. The van der Waals surface area contributed by atoms with Gasteiger partial charge in [-0.15, -0.1) is 0 Å². The molecule has 47 heavy (non-hydrogen) atoms. The van der Waals surface area contributed by atoms with Crippen molar-refractivity contribution < 1.29 is 9.13 Å². The Morgan fingerprint density at radius 3 is 2.72 bits per heavy atom. The van der Waals surface area contributed by atoms with Crippen molar-refractivity contribution in [1.82, 2.24) is 45.3 Å². The zero-order chi connectivity index (χ0) is 31.6. The Balaban J connectivity index is 1.05. The van der Waals surface area contributed by atoms with Gasteiger partial charge >= 0.3 is 0 Å². The number of halogens is 1. The lowest BCUT2D eigenvalue weighted by molar-refractivity contribution is 0.237. The molecule has 2 fully saturated rings. The molecule has 3 N–H and O–H groups in total. The van der Waals surface area contributed by atoms with Crippen molar-refractivity contribution >= 4 is 22.2 Å². The topological polar surface area (TPSA) is 121 Å². The minimum atomic E-state index is -0.363. The second-order valence-corrected chi connectivity index (χ2v) is 12.7. The minimum Gasteiger partial charge on any atom is -0.492 e. The highest BCUT2D eigenvalue weighted by molar-refractivity contribution is 5.95. The van der Waals surface area contributed by atoms with E-state index in [9.17, 15) is 4.39 Å². The smallest absolute Gasteiger partial charge is 0.162 e. The molecule has 11 heteroatoms. The maximum Gasteiger partial charge on any atom is 0.162 e. The number of hydrogen-bond acceptors (Lipinski definition) is 8. The highest BCUT2D eigenvalue weighted by atomic mass is 19.1. The summed E-state index contributed by atoms with van der Waals surface area (Å²) in [5.74, 6) is 1.45. The van der Waals surface area contributed by atoms with Gasteiger partial charge in [-0.05, 0) is 98.8 Å². The van der Waals surface area contributed by atoms with Gasteiger partial charge in [-0.2, -0.15) is 5.10 Å². The van der Waals surface area contributed by atoms with Crippen LogP contribution in [0, 0.1) is 11.7 Å². The zero-order valence-corrected chi connectivity index (χ0v) is 26.3. The van der Waals surface area contributed by atoms with E-state index in [1.807, 2.05) is 36.7 Å².